The van der Waals surface area contributed by atoms with E-state index in [0.717, 1.165) is 0 Å². The smallest absolute Gasteiger partial charge is 0.267 e. The van der Waals surface area contributed by atoms with Crippen molar-refractivity contribution in [1.29, 1.82) is 0 Å². The summed E-state index contributed by atoms with van der Waals surface area (Å²) in [5.74, 6) is 0.0995. The fourth-order valence-corrected chi connectivity index (χ4v) is 0.291. The van der Waals surface area contributed by atoms with Crippen LogP contribution in [-0.2, 0) is 4.57 Å². The molecule has 1 heterocycles. The number of aromatic nitrogens is 2. The van der Waals surface area contributed by atoms with Crippen LogP contribution in [0.1, 0.15) is 0 Å². The molecule has 0 saturated carbocycles. The molecule has 54 valence electrons. The van der Waals surface area contributed by atoms with Gasteiger partial charge in [-0.05, 0) is 11.2 Å². The summed E-state index contributed by atoms with van der Waals surface area (Å²) in [6.07, 6.45) is 4.01. The van der Waals surface area contributed by atoms with Crippen LogP contribution >= 0.6 is 19.1 Å². The molecule has 0 aliphatic rings. The van der Waals surface area contributed by atoms with Crippen LogP contribution in [0.3, 0.4) is 0 Å². The maximum absolute atomic E-state index is 8.67. The van der Waals surface area contributed by atoms with E-state index < -0.39 is 0 Å². The zero-order valence-electron chi connectivity index (χ0n) is 4.81. The Kier molecular flexibility index (Phi) is 5.92. The van der Waals surface area contributed by atoms with Crippen molar-refractivity contribution in [2.24, 2.45) is 0 Å². The maximum atomic E-state index is 8.67. The van der Waals surface area contributed by atoms with Gasteiger partial charge in [-0.1, -0.05) is 0 Å². The third kappa shape index (κ3) is 5.41. The number of halogens is 1. The topological polar surface area (TPSA) is 63.1 Å². The minimum Gasteiger partial charge on any atom is -0.505 e. The van der Waals surface area contributed by atoms with Crippen LogP contribution < -0.4 is 0 Å². The van der Waals surface area contributed by atoms with Crippen molar-refractivity contribution in [2.45, 2.75) is 0 Å². The minimum absolute atomic E-state index is 0.0995. The predicted octanol–water partition coefficient (Wildman–Crippen LogP) is 1.61. The number of hydrogen-bond acceptors (Lipinski definition) is 4. The van der Waals surface area contributed by atoms with Gasteiger partial charge in [0.2, 0.25) is 0 Å². The minimum atomic E-state index is -0.361. The van der Waals surface area contributed by atoms with E-state index in [1.807, 2.05) is 0 Å². The molecule has 1 N–H and O–H groups in total. The van der Waals surface area contributed by atoms with Crippen molar-refractivity contribution in [1.82, 2.24) is 9.97 Å². The number of rotatable bonds is 0. The van der Waals surface area contributed by atoms with E-state index in [2.05, 4.69) is 21.2 Å². The highest BCUT2D eigenvalue weighted by atomic mass is 35.7. The van der Waals surface area contributed by atoms with Crippen molar-refractivity contribution >= 4 is 19.1 Å². The lowest BCUT2D eigenvalue weighted by molar-refractivity contribution is 0.469. The van der Waals surface area contributed by atoms with E-state index in [0.29, 0.717) is 0 Å². The molecule has 1 rings (SSSR count). The van der Waals surface area contributed by atoms with Gasteiger partial charge in [0.1, 0.15) is 6.33 Å². The second kappa shape index (κ2) is 6.39. The van der Waals surface area contributed by atoms with E-state index in [-0.39, 0.29) is 13.6 Å². The Labute approximate surface area is 63.9 Å². The standard InChI is InChI=1S/C4H4N2O.ClOP/c7-4-1-5-3-6-2-4;1-3-2/h1-3,7H;. The summed E-state index contributed by atoms with van der Waals surface area (Å²) in [7, 11) is -0.361. The molecule has 0 aliphatic carbocycles. The summed E-state index contributed by atoms with van der Waals surface area (Å²) in [4.78, 5) is 7.05. The fraction of sp³-hybridized carbons (Fsp3) is 0. The molecule has 0 saturated heterocycles. The van der Waals surface area contributed by atoms with Gasteiger partial charge in [0.25, 0.3) is 7.81 Å². The molecule has 0 unspecified atom stereocenters. The molecule has 6 heteroatoms. The van der Waals surface area contributed by atoms with Crippen molar-refractivity contribution < 1.29 is 9.67 Å². The molecule has 10 heavy (non-hydrogen) atoms. The second-order valence-electron chi connectivity index (χ2n) is 1.17. The summed E-state index contributed by atoms with van der Waals surface area (Å²) in [6.45, 7) is 0. The van der Waals surface area contributed by atoms with Gasteiger partial charge in [-0.3, -0.25) is 4.57 Å². The highest BCUT2D eigenvalue weighted by Crippen LogP contribution is 1.96. The van der Waals surface area contributed by atoms with Crippen LogP contribution in [0.25, 0.3) is 0 Å². The van der Waals surface area contributed by atoms with Crippen LogP contribution in [0.4, 0.5) is 0 Å². The predicted molar refractivity (Wildman–Crippen MR) is 37.2 cm³/mol. The molecule has 0 radical (unpaired) electrons. The van der Waals surface area contributed by atoms with E-state index >= 15 is 0 Å². The second-order valence-corrected chi connectivity index (χ2v) is 1.72. The van der Waals surface area contributed by atoms with E-state index in [9.17, 15) is 0 Å². The van der Waals surface area contributed by atoms with Crippen molar-refractivity contribution in [2.75, 3.05) is 0 Å². The quantitative estimate of drug-likeness (QED) is 0.613. The third-order valence-electron chi connectivity index (χ3n) is 0.547. The molecule has 0 atom stereocenters. The van der Waals surface area contributed by atoms with Gasteiger partial charge in [-0.2, -0.15) is 0 Å². The Morgan fingerprint density at radius 3 is 2.10 bits per heavy atom. The van der Waals surface area contributed by atoms with Crippen LogP contribution in [0.15, 0.2) is 18.7 Å². The zero-order valence-corrected chi connectivity index (χ0v) is 6.46. The number of aromatic hydroxyl groups is 1. The third-order valence-corrected chi connectivity index (χ3v) is 0.547. The Morgan fingerprint density at radius 1 is 1.50 bits per heavy atom. The van der Waals surface area contributed by atoms with Gasteiger partial charge in [0.15, 0.2) is 5.75 Å². The normalized spacial score (nSPS) is 8.10. The van der Waals surface area contributed by atoms with E-state index in [1.54, 1.807) is 0 Å². The highest BCUT2D eigenvalue weighted by Gasteiger charge is 1.77. The summed E-state index contributed by atoms with van der Waals surface area (Å²) in [5, 5.41) is 8.51. The zero-order chi connectivity index (χ0) is 7.82. The van der Waals surface area contributed by atoms with Gasteiger partial charge in [-0.25, -0.2) is 9.97 Å². The van der Waals surface area contributed by atoms with Crippen LogP contribution in [0, 0.1) is 0 Å². The molecule has 0 aromatic carbocycles. The Hall–Kier alpha value is -0.730. The van der Waals surface area contributed by atoms with E-state index in [1.165, 1.54) is 18.7 Å². The summed E-state index contributed by atoms with van der Waals surface area (Å²) >= 11 is 4.42. The molecular formula is C4H4ClN2O2P. The monoisotopic (exact) mass is 178 g/mol. The first-order chi connectivity index (χ1) is 4.81. The molecule has 0 bridgehead atoms. The van der Waals surface area contributed by atoms with Gasteiger partial charge in [0.05, 0.1) is 12.4 Å². The van der Waals surface area contributed by atoms with E-state index in [4.69, 9.17) is 9.67 Å². The largest absolute Gasteiger partial charge is 0.505 e. The number of nitrogens with zero attached hydrogens (tertiary/aromatic N) is 2. The molecule has 0 fully saturated rings. The van der Waals surface area contributed by atoms with Crippen molar-refractivity contribution in [3.8, 4) is 5.75 Å². The average molecular weight is 179 g/mol. The van der Waals surface area contributed by atoms with Gasteiger partial charge >= 0.3 is 0 Å². The van der Waals surface area contributed by atoms with Crippen LogP contribution in [0.2, 0.25) is 0 Å². The summed E-state index contributed by atoms with van der Waals surface area (Å²) in [5.41, 5.74) is 0. The first-order valence-corrected chi connectivity index (χ1v) is 3.90. The Balaban J connectivity index is 0.000000236. The molecular weight excluding hydrogens is 174 g/mol. The molecule has 0 aliphatic heterocycles. The first kappa shape index (κ1) is 9.27. The maximum Gasteiger partial charge on any atom is 0.267 e. The molecule has 4 nitrogen and oxygen atoms in total. The molecule has 0 amide bonds. The Bertz CT molecular complexity index is 184. The number of hydrogen-bond donors (Lipinski definition) is 1. The molecule has 1 aromatic heterocycles. The lowest BCUT2D eigenvalue weighted by atomic mass is 10.6. The lowest BCUT2D eigenvalue weighted by Crippen LogP contribution is -1.70. The van der Waals surface area contributed by atoms with Gasteiger partial charge in [0, 0.05) is 0 Å². The SMILES string of the molecule is O=PCl.Oc1cncnc1. The van der Waals surface area contributed by atoms with Crippen molar-refractivity contribution in [3.05, 3.63) is 18.7 Å². The van der Waals surface area contributed by atoms with Crippen LogP contribution in [0.5, 0.6) is 5.75 Å². The summed E-state index contributed by atoms with van der Waals surface area (Å²) < 4.78 is 8.67. The summed E-state index contributed by atoms with van der Waals surface area (Å²) in [6, 6.07) is 0. The Morgan fingerprint density at radius 2 is 1.90 bits per heavy atom. The molecule has 0 spiro atoms. The van der Waals surface area contributed by atoms with Crippen LogP contribution in [-0.4, -0.2) is 15.1 Å². The van der Waals surface area contributed by atoms with Gasteiger partial charge in [-0.15, -0.1) is 0 Å². The first-order valence-electron chi connectivity index (χ1n) is 2.19. The van der Waals surface area contributed by atoms with Gasteiger partial charge < -0.3 is 5.11 Å². The molecule has 1 aromatic rings. The fourth-order valence-electron chi connectivity index (χ4n) is 0.291. The lowest BCUT2D eigenvalue weighted by Gasteiger charge is -1.81. The average Bonchev–Trinajstić information content (AvgIpc) is 1.91. The van der Waals surface area contributed by atoms with Crippen molar-refractivity contribution in [3.63, 3.8) is 0 Å². The highest BCUT2D eigenvalue weighted by molar-refractivity contribution is 7.57.